The third-order valence-electron chi connectivity index (χ3n) is 5.13. The molecule has 4 rings (SSSR count). The van der Waals surface area contributed by atoms with Gasteiger partial charge in [-0.15, -0.1) is 0 Å². The summed E-state index contributed by atoms with van der Waals surface area (Å²) >= 11 is 6.43. The van der Waals surface area contributed by atoms with Gasteiger partial charge in [-0.2, -0.15) is 0 Å². The smallest absolute Gasteiger partial charge is 0.156 e. The number of furan rings is 1. The molecule has 1 aliphatic rings. The lowest BCUT2D eigenvalue weighted by atomic mass is 10.0. The summed E-state index contributed by atoms with van der Waals surface area (Å²) in [5.41, 5.74) is 4.29. The van der Waals surface area contributed by atoms with Crippen LogP contribution in [0.25, 0.3) is 17.0 Å². The standard InChI is InChI=1S/C23H22ClNO2/c1-25-14-13-18-20(24)10-12-22-23(18)19(15-25)21(27-22)11-9-17(26)8-7-16-5-3-2-4-6-16/h2-6,9-12H,7-8,13-15H2,1H3. The SMILES string of the molecule is CN1CCc2c(Cl)ccc3oc(C=CC(=O)CCc4ccccc4)c(c23)C1. The van der Waals surface area contributed by atoms with E-state index in [1.165, 1.54) is 5.56 Å². The van der Waals surface area contributed by atoms with E-state index in [2.05, 4.69) is 11.9 Å². The number of aryl methyl sites for hydroxylation is 1. The van der Waals surface area contributed by atoms with Crippen LogP contribution in [-0.4, -0.2) is 24.3 Å². The molecule has 0 saturated carbocycles. The van der Waals surface area contributed by atoms with Crippen molar-refractivity contribution in [3.05, 3.63) is 76.0 Å². The van der Waals surface area contributed by atoms with Crippen LogP contribution in [0.15, 0.2) is 53.0 Å². The molecule has 0 aliphatic carbocycles. The molecule has 0 radical (unpaired) electrons. The third kappa shape index (κ3) is 3.85. The minimum atomic E-state index is 0.103. The summed E-state index contributed by atoms with van der Waals surface area (Å²) in [5.74, 6) is 0.863. The van der Waals surface area contributed by atoms with Crippen LogP contribution in [-0.2, 0) is 24.2 Å². The molecule has 3 aromatic rings. The number of rotatable bonds is 5. The topological polar surface area (TPSA) is 33.5 Å². The Morgan fingerprint density at radius 2 is 2.00 bits per heavy atom. The zero-order valence-electron chi connectivity index (χ0n) is 15.4. The van der Waals surface area contributed by atoms with Crippen LogP contribution in [0.4, 0.5) is 0 Å². The highest BCUT2D eigenvalue weighted by Gasteiger charge is 2.22. The van der Waals surface area contributed by atoms with E-state index in [4.69, 9.17) is 16.0 Å². The highest BCUT2D eigenvalue weighted by molar-refractivity contribution is 6.32. The fraction of sp³-hybridized carbons (Fsp3) is 0.261. The number of allylic oxidation sites excluding steroid dienone is 1. The van der Waals surface area contributed by atoms with E-state index >= 15 is 0 Å². The van der Waals surface area contributed by atoms with Gasteiger partial charge in [-0.3, -0.25) is 4.79 Å². The van der Waals surface area contributed by atoms with Crippen LogP contribution in [0.2, 0.25) is 5.02 Å². The molecule has 4 heteroatoms. The summed E-state index contributed by atoms with van der Waals surface area (Å²) < 4.78 is 6.06. The van der Waals surface area contributed by atoms with Gasteiger partial charge in [0, 0.05) is 35.5 Å². The fourth-order valence-corrected chi connectivity index (χ4v) is 3.92. The van der Waals surface area contributed by atoms with Gasteiger partial charge in [0.1, 0.15) is 11.3 Å². The van der Waals surface area contributed by atoms with E-state index in [0.29, 0.717) is 6.42 Å². The van der Waals surface area contributed by atoms with Crippen molar-refractivity contribution in [1.82, 2.24) is 4.90 Å². The summed E-state index contributed by atoms with van der Waals surface area (Å²) in [6, 6.07) is 13.9. The Kier molecular flexibility index (Phi) is 5.15. The van der Waals surface area contributed by atoms with Crippen molar-refractivity contribution in [2.24, 2.45) is 0 Å². The van der Waals surface area contributed by atoms with E-state index < -0.39 is 0 Å². The highest BCUT2D eigenvalue weighted by atomic mass is 35.5. The maximum Gasteiger partial charge on any atom is 0.156 e. The maximum atomic E-state index is 12.3. The van der Waals surface area contributed by atoms with Gasteiger partial charge in [0.2, 0.25) is 0 Å². The normalized spacial score (nSPS) is 14.7. The lowest BCUT2D eigenvalue weighted by molar-refractivity contribution is -0.114. The second kappa shape index (κ2) is 7.71. The molecule has 27 heavy (non-hydrogen) atoms. The molecule has 138 valence electrons. The van der Waals surface area contributed by atoms with Crippen LogP contribution < -0.4 is 0 Å². The lowest BCUT2D eigenvalue weighted by Crippen LogP contribution is -2.18. The first kappa shape index (κ1) is 18.0. The Bertz CT molecular complexity index is 1000. The minimum absolute atomic E-state index is 0.103. The number of ketones is 1. The Labute approximate surface area is 164 Å². The number of likely N-dealkylation sites (N-methyl/N-ethyl adjacent to an activating group) is 1. The second-order valence-corrected chi connectivity index (χ2v) is 7.52. The molecule has 2 heterocycles. The highest BCUT2D eigenvalue weighted by Crippen LogP contribution is 2.36. The first-order valence-corrected chi connectivity index (χ1v) is 9.66. The molecular weight excluding hydrogens is 358 g/mol. The van der Waals surface area contributed by atoms with Gasteiger partial charge in [0.05, 0.1) is 0 Å². The first-order valence-electron chi connectivity index (χ1n) is 9.28. The average molecular weight is 380 g/mol. The van der Waals surface area contributed by atoms with Crippen LogP contribution >= 0.6 is 11.6 Å². The predicted molar refractivity (Wildman–Crippen MR) is 110 cm³/mol. The van der Waals surface area contributed by atoms with Gasteiger partial charge in [0.15, 0.2) is 5.78 Å². The van der Waals surface area contributed by atoms with E-state index in [9.17, 15) is 4.79 Å². The Hall–Kier alpha value is -2.36. The lowest BCUT2D eigenvalue weighted by Gasteiger charge is -2.12. The first-order chi connectivity index (χ1) is 13.1. The molecular formula is C23H22ClNO2. The van der Waals surface area contributed by atoms with Gasteiger partial charge in [-0.05, 0) is 55.3 Å². The zero-order chi connectivity index (χ0) is 18.8. The van der Waals surface area contributed by atoms with E-state index in [1.54, 1.807) is 6.08 Å². The molecule has 0 bridgehead atoms. The largest absolute Gasteiger partial charge is 0.456 e. The van der Waals surface area contributed by atoms with Crippen molar-refractivity contribution in [2.75, 3.05) is 13.6 Å². The van der Waals surface area contributed by atoms with Gasteiger partial charge in [-0.25, -0.2) is 0 Å². The number of carbonyl (C=O) groups excluding carboxylic acids is 1. The van der Waals surface area contributed by atoms with Gasteiger partial charge in [-0.1, -0.05) is 41.9 Å². The number of hydrogen-bond donors (Lipinski definition) is 0. The molecule has 0 atom stereocenters. The minimum Gasteiger partial charge on any atom is -0.456 e. The van der Waals surface area contributed by atoms with Crippen molar-refractivity contribution in [3.63, 3.8) is 0 Å². The summed E-state index contributed by atoms with van der Waals surface area (Å²) in [7, 11) is 2.09. The molecule has 0 N–H and O–H groups in total. The molecule has 1 aromatic heterocycles. The van der Waals surface area contributed by atoms with Gasteiger partial charge < -0.3 is 9.32 Å². The number of benzene rings is 2. The maximum absolute atomic E-state index is 12.3. The molecule has 2 aromatic carbocycles. The number of carbonyl (C=O) groups is 1. The quantitative estimate of drug-likeness (QED) is 0.565. The second-order valence-electron chi connectivity index (χ2n) is 7.12. The Morgan fingerprint density at radius 1 is 1.19 bits per heavy atom. The molecule has 0 fully saturated rings. The third-order valence-corrected chi connectivity index (χ3v) is 5.49. The monoisotopic (exact) mass is 379 g/mol. The van der Waals surface area contributed by atoms with Gasteiger partial charge >= 0.3 is 0 Å². The molecule has 0 amide bonds. The van der Waals surface area contributed by atoms with Crippen LogP contribution in [0.3, 0.4) is 0 Å². The Balaban J connectivity index is 1.58. The Morgan fingerprint density at radius 3 is 2.81 bits per heavy atom. The van der Waals surface area contributed by atoms with Crippen molar-refractivity contribution in [2.45, 2.75) is 25.8 Å². The van der Waals surface area contributed by atoms with Crippen molar-refractivity contribution in [3.8, 4) is 0 Å². The molecule has 0 saturated heterocycles. The molecule has 3 nitrogen and oxygen atoms in total. The van der Waals surface area contributed by atoms with E-state index in [1.807, 2.05) is 48.5 Å². The zero-order valence-corrected chi connectivity index (χ0v) is 16.1. The summed E-state index contributed by atoms with van der Waals surface area (Å²) in [6.45, 7) is 1.74. The van der Waals surface area contributed by atoms with Crippen LogP contribution in [0, 0.1) is 0 Å². The fourth-order valence-electron chi connectivity index (χ4n) is 3.67. The number of hydrogen-bond acceptors (Lipinski definition) is 3. The van der Waals surface area contributed by atoms with E-state index in [-0.39, 0.29) is 5.78 Å². The number of halogens is 1. The summed E-state index contributed by atoms with van der Waals surface area (Å²) in [6.07, 6.45) is 5.60. The molecule has 0 unspecified atom stereocenters. The predicted octanol–water partition coefficient (Wildman–Crippen LogP) is 5.29. The van der Waals surface area contributed by atoms with E-state index in [0.717, 1.165) is 58.8 Å². The average Bonchev–Trinajstić information content (AvgIpc) is 2.91. The van der Waals surface area contributed by atoms with Crippen molar-refractivity contribution < 1.29 is 9.21 Å². The van der Waals surface area contributed by atoms with Crippen LogP contribution in [0.5, 0.6) is 0 Å². The molecule has 0 spiro atoms. The van der Waals surface area contributed by atoms with Crippen molar-refractivity contribution in [1.29, 1.82) is 0 Å². The number of nitrogens with zero attached hydrogens (tertiary/aromatic N) is 1. The van der Waals surface area contributed by atoms with Gasteiger partial charge in [0.25, 0.3) is 0 Å². The summed E-state index contributed by atoms with van der Waals surface area (Å²) in [4.78, 5) is 14.6. The summed E-state index contributed by atoms with van der Waals surface area (Å²) in [5, 5.41) is 1.90. The van der Waals surface area contributed by atoms with Crippen LogP contribution in [0.1, 0.15) is 28.9 Å². The molecule has 1 aliphatic heterocycles. The van der Waals surface area contributed by atoms with Crippen molar-refractivity contribution >= 4 is 34.4 Å².